The fraction of sp³-hybridized carbons (Fsp3) is 0.550. The van der Waals surface area contributed by atoms with Gasteiger partial charge < -0.3 is 15.5 Å². The average molecular weight is 428 g/mol. The lowest BCUT2D eigenvalue weighted by atomic mass is 9.95. The highest BCUT2D eigenvalue weighted by atomic mass is 35.5. The number of halogens is 2. The Labute approximate surface area is 175 Å². The number of benzene rings is 1. The molecule has 0 radical (unpaired) electrons. The van der Waals surface area contributed by atoms with Crippen LogP contribution in [-0.4, -0.2) is 48.8 Å². The summed E-state index contributed by atoms with van der Waals surface area (Å²) in [5.41, 5.74) is 0.409. The molecule has 1 aromatic rings. The Morgan fingerprint density at radius 3 is 2.57 bits per heavy atom. The van der Waals surface area contributed by atoms with Gasteiger partial charge in [0.2, 0.25) is 11.8 Å². The molecule has 1 heterocycles. The lowest BCUT2D eigenvalue weighted by Crippen LogP contribution is -2.47. The SMILES string of the molecule is CCC(C)C(=O)N1CCCC(C(=O)NCCNC(=O)c2ccc(Cl)c(Cl)c2)C1. The molecule has 8 heteroatoms. The molecule has 0 saturated carbocycles. The van der Waals surface area contributed by atoms with Crippen molar-refractivity contribution in [2.24, 2.45) is 11.8 Å². The third-order valence-corrected chi connectivity index (χ3v) is 5.77. The Balaban J connectivity index is 1.75. The topological polar surface area (TPSA) is 78.5 Å². The minimum atomic E-state index is -0.282. The summed E-state index contributed by atoms with van der Waals surface area (Å²) in [5, 5.41) is 6.28. The van der Waals surface area contributed by atoms with Crippen LogP contribution in [-0.2, 0) is 9.59 Å². The molecule has 154 valence electrons. The van der Waals surface area contributed by atoms with Crippen molar-refractivity contribution < 1.29 is 14.4 Å². The van der Waals surface area contributed by atoms with Gasteiger partial charge in [-0.1, -0.05) is 37.0 Å². The molecule has 0 aliphatic carbocycles. The maximum absolute atomic E-state index is 12.4. The van der Waals surface area contributed by atoms with Crippen molar-refractivity contribution in [3.63, 3.8) is 0 Å². The van der Waals surface area contributed by atoms with Gasteiger partial charge >= 0.3 is 0 Å². The summed E-state index contributed by atoms with van der Waals surface area (Å²) in [6, 6.07) is 4.66. The van der Waals surface area contributed by atoms with E-state index in [4.69, 9.17) is 23.2 Å². The van der Waals surface area contributed by atoms with Gasteiger partial charge in [-0.2, -0.15) is 0 Å². The number of likely N-dealkylation sites (tertiary alicyclic amines) is 1. The highest BCUT2D eigenvalue weighted by Crippen LogP contribution is 2.22. The number of nitrogens with zero attached hydrogens (tertiary/aromatic N) is 1. The highest BCUT2D eigenvalue weighted by molar-refractivity contribution is 6.42. The maximum atomic E-state index is 12.4. The van der Waals surface area contributed by atoms with Crippen LogP contribution in [0.25, 0.3) is 0 Å². The Kier molecular flexibility index (Phi) is 8.58. The predicted molar refractivity (Wildman–Crippen MR) is 111 cm³/mol. The van der Waals surface area contributed by atoms with Gasteiger partial charge in [-0.3, -0.25) is 14.4 Å². The quantitative estimate of drug-likeness (QED) is 0.655. The molecule has 1 aliphatic rings. The standard InChI is InChI=1S/C20H27Cl2N3O3/c1-3-13(2)20(28)25-10-4-5-15(12-25)19(27)24-9-8-23-18(26)14-6-7-16(21)17(22)11-14/h6-7,11,13,15H,3-5,8-10,12H2,1-2H3,(H,23,26)(H,24,27). The largest absolute Gasteiger partial charge is 0.354 e. The Bertz CT molecular complexity index is 727. The van der Waals surface area contributed by atoms with E-state index in [1.54, 1.807) is 17.0 Å². The van der Waals surface area contributed by atoms with Gasteiger partial charge in [0, 0.05) is 37.7 Å². The zero-order valence-electron chi connectivity index (χ0n) is 16.3. The van der Waals surface area contributed by atoms with E-state index in [0.29, 0.717) is 41.8 Å². The summed E-state index contributed by atoms with van der Waals surface area (Å²) in [6.07, 6.45) is 2.39. The second kappa shape index (κ2) is 10.7. The van der Waals surface area contributed by atoms with E-state index in [1.165, 1.54) is 6.07 Å². The van der Waals surface area contributed by atoms with Crippen LogP contribution in [0.3, 0.4) is 0 Å². The van der Waals surface area contributed by atoms with Crippen LogP contribution in [0.4, 0.5) is 0 Å². The van der Waals surface area contributed by atoms with Gasteiger partial charge in [0.15, 0.2) is 0 Å². The molecule has 28 heavy (non-hydrogen) atoms. The van der Waals surface area contributed by atoms with Gasteiger partial charge in [-0.25, -0.2) is 0 Å². The monoisotopic (exact) mass is 427 g/mol. The molecule has 3 amide bonds. The minimum absolute atomic E-state index is 0.0154. The van der Waals surface area contributed by atoms with Crippen LogP contribution >= 0.6 is 23.2 Å². The molecule has 1 saturated heterocycles. The maximum Gasteiger partial charge on any atom is 0.251 e. The molecule has 6 nitrogen and oxygen atoms in total. The molecule has 1 aliphatic heterocycles. The molecule has 1 aromatic carbocycles. The van der Waals surface area contributed by atoms with E-state index < -0.39 is 0 Å². The van der Waals surface area contributed by atoms with E-state index in [0.717, 1.165) is 19.3 Å². The summed E-state index contributed by atoms with van der Waals surface area (Å²) in [4.78, 5) is 38.6. The summed E-state index contributed by atoms with van der Waals surface area (Å²) in [5.74, 6) is -0.457. The van der Waals surface area contributed by atoms with E-state index in [9.17, 15) is 14.4 Å². The summed E-state index contributed by atoms with van der Waals surface area (Å²) < 4.78 is 0. The number of rotatable bonds is 7. The van der Waals surface area contributed by atoms with Crippen molar-refractivity contribution in [2.75, 3.05) is 26.2 Å². The number of carbonyl (C=O) groups excluding carboxylic acids is 3. The summed E-state index contributed by atoms with van der Waals surface area (Å²) in [7, 11) is 0. The van der Waals surface area contributed by atoms with E-state index in [2.05, 4.69) is 10.6 Å². The smallest absolute Gasteiger partial charge is 0.251 e. The first-order valence-corrected chi connectivity index (χ1v) is 10.4. The van der Waals surface area contributed by atoms with Crippen molar-refractivity contribution in [1.82, 2.24) is 15.5 Å². The van der Waals surface area contributed by atoms with E-state index in [1.807, 2.05) is 13.8 Å². The predicted octanol–water partition coefficient (Wildman–Crippen LogP) is 3.12. The van der Waals surface area contributed by atoms with Crippen molar-refractivity contribution in [3.05, 3.63) is 33.8 Å². The van der Waals surface area contributed by atoms with Crippen LogP contribution < -0.4 is 10.6 Å². The third-order valence-electron chi connectivity index (χ3n) is 5.03. The Morgan fingerprint density at radius 2 is 1.89 bits per heavy atom. The second-order valence-electron chi connectivity index (χ2n) is 7.11. The van der Waals surface area contributed by atoms with Gasteiger partial charge in [0.05, 0.1) is 16.0 Å². The zero-order chi connectivity index (χ0) is 20.7. The number of nitrogens with one attached hydrogen (secondary N) is 2. The molecular formula is C20H27Cl2N3O3. The van der Waals surface area contributed by atoms with Crippen molar-refractivity contribution in [2.45, 2.75) is 33.1 Å². The molecule has 2 N–H and O–H groups in total. The lowest BCUT2D eigenvalue weighted by Gasteiger charge is -2.33. The first-order valence-electron chi connectivity index (χ1n) is 9.63. The molecule has 2 rings (SSSR count). The normalized spacial score (nSPS) is 17.7. The fourth-order valence-corrected chi connectivity index (χ4v) is 3.42. The van der Waals surface area contributed by atoms with E-state index in [-0.39, 0.29) is 29.6 Å². The molecule has 2 unspecified atom stereocenters. The van der Waals surface area contributed by atoms with E-state index >= 15 is 0 Å². The summed E-state index contributed by atoms with van der Waals surface area (Å²) in [6.45, 7) is 5.71. The average Bonchev–Trinajstić information content (AvgIpc) is 2.71. The van der Waals surface area contributed by atoms with Gasteiger partial charge in [-0.15, -0.1) is 0 Å². The first kappa shape index (κ1) is 22.5. The number of amides is 3. The second-order valence-corrected chi connectivity index (χ2v) is 7.92. The Morgan fingerprint density at radius 1 is 1.18 bits per heavy atom. The first-order chi connectivity index (χ1) is 13.3. The highest BCUT2D eigenvalue weighted by Gasteiger charge is 2.29. The van der Waals surface area contributed by atoms with Crippen LogP contribution in [0.5, 0.6) is 0 Å². The molecule has 0 bridgehead atoms. The zero-order valence-corrected chi connectivity index (χ0v) is 17.8. The molecular weight excluding hydrogens is 401 g/mol. The summed E-state index contributed by atoms with van der Waals surface area (Å²) >= 11 is 11.8. The molecule has 1 fully saturated rings. The van der Waals surface area contributed by atoms with Gasteiger partial charge in [0.1, 0.15) is 0 Å². The van der Waals surface area contributed by atoms with Crippen LogP contribution in [0.1, 0.15) is 43.5 Å². The van der Waals surface area contributed by atoms with Crippen LogP contribution in [0.2, 0.25) is 10.0 Å². The van der Waals surface area contributed by atoms with Gasteiger partial charge in [-0.05, 0) is 37.5 Å². The van der Waals surface area contributed by atoms with Crippen molar-refractivity contribution >= 4 is 40.9 Å². The number of piperidine rings is 1. The molecule has 0 aromatic heterocycles. The Hall–Kier alpha value is -1.79. The molecule has 2 atom stereocenters. The number of hydrogen-bond acceptors (Lipinski definition) is 3. The minimum Gasteiger partial charge on any atom is -0.354 e. The fourth-order valence-electron chi connectivity index (χ4n) is 3.12. The molecule has 0 spiro atoms. The van der Waals surface area contributed by atoms with Crippen LogP contribution in [0, 0.1) is 11.8 Å². The number of carbonyl (C=O) groups is 3. The van der Waals surface area contributed by atoms with Crippen LogP contribution in [0.15, 0.2) is 18.2 Å². The number of hydrogen-bond donors (Lipinski definition) is 2. The third kappa shape index (κ3) is 6.11. The van der Waals surface area contributed by atoms with Gasteiger partial charge in [0.25, 0.3) is 5.91 Å². The lowest BCUT2D eigenvalue weighted by molar-refractivity contribution is -0.138. The van der Waals surface area contributed by atoms with Crippen molar-refractivity contribution in [1.29, 1.82) is 0 Å². The van der Waals surface area contributed by atoms with Crippen molar-refractivity contribution in [3.8, 4) is 0 Å².